The average Bonchev–Trinajstić information content (AvgIpc) is 3.41. The van der Waals surface area contributed by atoms with Gasteiger partial charge in [-0.25, -0.2) is 15.4 Å². The van der Waals surface area contributed by atoms with E-state index < -0.39 is 24.1 Å². The summed E-state index contributed by atoms with van der Waals surface area (Å²) < 4.78 is 0. The molecule has 0 aromatic carbocycles. The molecule has 3 aliphatic rings. The van der Waals surface area contributed by atoms with Gasteiger partial charge in [-0.05, 0) is 18.3 Å². The maximum absolute atomic E-state index is 13.1. The van der Waals surface area contributed by atoms with Gasteiger partial charge in [0.1, 0.15) is 18.1 Å². The molecule has 1 aliphatic carbocycles. The number of aromatic nitrogens is 2. The monoisotopic (exact) mass is 426 g/mol. The van der Waals surface area contributed by atoms with Gasteiger partial charge in [0.15, 0.2) is 11.3 Å². The minimum absolute atomic E-state index is 0.0568. The number of aliphatic hydroxyl groups is 1. The molecular formula is C20H26N8O3. The number of hydrogen-bond acceptors (Lipinski definition) is 9. The van der Waals surface area contributed by atoms with Crippen LogP contribution in [0, 0.1) is 16.7 Å². The van der Waals surface area contributed by atoms with E-state index in [1.54, 1.807) is 4.90 Å². The Balaban J connectivity index is 1.59. The molecule has 2 fully saturated rings. The van der Waals surface area contributed by atoms with Gasteiger partial charge in [-0.1, -0.05) is 20.8 Å². The van der Waals surface area contributed by atoms with Gasteiger partial charge >= 0.3 is 0 Å². The Morgan fingerprint density at radius 2 is 2.13 bits per heavy atom. The van der Waals surface area contributed by atoms with Crippen LogP contribution in [0.2, 0.25) is 0 Å². The number of nitrogens with one attached hydrogen (secondary N) is 3. The Morgan fingerprint density at radius 3 is 2.77 bits per heavy atom. The van der Waals surface area contributed by atoms with Gasteiger partial charge in [-0.2, -0.15) is 5.26 Å². The summed E-state index contributed by atoms with van der Waals surface area (Å²) in [5.74, 6) is -1.05. The highest BCUT2D eigenvalue weighted by atomic mass is 16.3. The van der Waals surface area contributed by atoms with Crippen molar-refractivity contribution in [1.29, 1.82) is 5.26 Å². The summed E-state index contributed by atoms with van der Waals surface area (Å²) in [6, 6.07) is 1.99. The number of nitriles is 1. The molecule has 1 saturated carbocycles. The standard InChI is InChI=1S/C20H26N8O3/c1-20(2,3)10-27-15-6-13(25-14-9-22-8-12(7-21)23-14)26-28(15)19(31)16(18(27)30)17(29)24-11-4-5-11/h8-9,11,13,15,26,30H,4-6,10H2,1-3H3,(H,23,25)(H,24,29). The van der Waals surface area contributed by atoms with Gasteiger partial charge in [0.05, 0.1) is 18.6 Å². The molecule has 2 aliphatic heterocycles. The van der Waals surface area contributed by atoms with Crippen LogP contribution in [-0.4, -0.2) is 61.7 Å². The van der Waals surface area contributed by atoms with Crippen molar-refractivity contribution in [3.05, 3.63) is 29.5 Å². The number of rotatable bonds is 5. The fourth-order valence-corrected chi connectivity index (χ4v) is 3.72. The van der Waals surface area contributed by atoms with Crippen molar-refractivity contribution in [2.45, 2.75) is 58.4 Å². The lowest BCUT2D eigenvalue weighted by Gasteiger charge is -2.42. The summed E-state index contributed by atoms with van der Waals surface area (Å²) in [5.41, 5.74) is 2.79. The van der Waals surface area contributed by atoms with Crippen molar-refractivity contribution in [2.24, 2.45) is 5.41 Å². The maximum atomic E-state index is 13.1. The molecule has 3 heterocycles. The number of carbonyl (C=O) groups excluding carboxylic acids is 2. The van der Waals surface area contributed by atoms with Crippen molar-refractivity contribution in [1.82, 2.24) is 30.6 Å². The normalized spacial score (nSPS) is 23.5. The Morgan fingerprint density at radius 1 is 1.39 bits per heavy atom. The first-order valence-electron chi connectivity index (χ1n) is 10.3. The largest absolute Gasteiger partial charge is 0.494 e. The van der Waals surface area contributed by atoms with Crippen molar-refractivity contribution in [2.75, 3.05) is 11.9 Å². The van der Waals surface area contributed by atoms with E-state index in [1.807, 2.05) is 26.8 Å². The lowest BCUT2D eigenvalue weighted by Crippen LogP contribution is -2.58. The van der Waals surface area contributed by atoms with Crippen molar-refractivity contribution >= 4 is 17.6 Å². The molecule has 2 unspecified atom stereocenters. The summed E-state index contributed by atoms with van der Waals surface area (Å²) >= 11 is 0. The lowest BCUT2D eigenvalue weighted by atomic mass is 9.95. The van der Waals surface area contributed by atoms with E-state index in [2.05, 4.69) is 26.0 Å². The molecule has 4 N–H and O–H groups in total. The Bertz CT molecular complexity index is 975. The van der Waals surface area contributed by atoms with Crippen LogP contribution in [-0.2, 0) is 9.59 Å². The van der Waals surface area contributed by atoms with Gasteiger partial charge < -0.3 is 20.6 Å². The predicted molar refractivity (Wildman–Crippen MR) is 110 cm³/mol. The Labute approximate surface area is 180 Å². The zero-order valence-corrected chi connectivity index (χ0v) is 17.7. The summed E-state index contributed by atoms with van der Waals surface area (Å²) in [7, 11) is 0. The Hall–Kier alpha value is -3.39. The van der Waals surface area contributed by atoms with Crippen LogP contribution in [0.4, 0.5) is 5.82 Å². The van der Waals surface area contributed by atoms with E-state index in [0.717, 1.165) is 12.8 Å². The van der Waals surface area contributed by atoms with E-state index in [9.17, 15) is 14.7 Å². The molecule has 11 nitrogen and oxygen atoms in total. The first-order valence-corrected chi connectivity index (χ1v) is 10.3. The number of amides is 2. The van der Waals surface area contributed by atoms with Crippen LogP contribution < -0.4 is 16.1 Å². The van der Waals surface area contributed by atoms with E-state index in [1.165, 1.54) is 17.4 Å². The smallest absolute Gasteiger partial charge is 0.281 e. The number of hydrogen-bond donors (Lipinski definition) is 4. The highest BCUT2D eigenvalue weighted by Crippen LogP contribution is 2.33. The topological polar surface area (TPSA) is 147 Å². The molecule has 11 heteroatoms. The van der Waals surface area contributed by atoms with Gasteiger partial charge in [-0.15, -0.1) is 0 Å². The quantitative estimate of drug-likeness (QED) is 0.496. The lowest BCUT2D eigenvalue weighted by molar-refractivity contribution is -0.142. The van der Waals surface area contributed by atoms with E-state index in [0.29, 0.717) is 18.8 Å². The predicted octanol–water partition coefficient (Wildman–Crippen LogP) is 0.559. The average molecular weight is 426 g/mol. The van der Waals surface area contributed by atoms with Crippen LogP contribution in [0.3, 0.4) is 0 Å². The minimum atomic E-state index is -0.577. The zero-order valence-electron chi connectivity index (χ0n) is 17.7. The molecule has 1 aromatic heterocycles. The molecule has 2 atom stereocenters. The molecule has 4 rings (SSSR count). The van der Waals surface area contributed by atoms with Crippen LogP contribution in [0.5, 0.6) is 0 Å². The highest BCUT2D eigenvalue weighted by Gasteiger charge is 2.49. The van der Waals surface area contributed by atoms with Crippen LogP contribution in [0.25, 0.3) is 0 Å². The molecule has 0 spiro atoms. The SMILES string of the molecule is CC(C)(C)CN1C(O)=C(C(=O)NC2CC2)C(=O)N2NC(Nc3cncc(C#N)n3)CC12. The zero-order chi connectivity index (χ0) is 22.3. The van der Waals surface area contributed by atoms with Crippen LogP contribution >= 0.6 is 0 Å². The molecule has 164 valence electrons. The fourth-order valence-electron chi connectivity index (χ4n) is 3.72. The number of carbonyl (C=O) groups is 2. The molecular weight excluding hydrogens is 400 g/mol. The van der Waals surface area contributed by atoms with Gasteiger partial charge in [0.25, 0.3) is 11.8 Å². The number of fused-ring (bicyclic) bond motifs is 1. The summed E-state index contributed by atoms with van der Waals surface area (Å²) in [6.07, 6.45) is 4.10. The molecule has 0 bridgehead atoms. The highest BCUT2D eigenvalue weighted by molar-refractivity contribution is 6.19. The fraction of sp³-hybridized carbons (Fsp3) is 0.550. The second kappa shape index (κ2) is 7.70. The third-order valence-corrected chi connectivity index (χ3v) is 5.18. The first kappa shape index (κ1) is 20.9. The molecule has 2 amide bonds. The number of hydrazine groups is 1. The van der Waals surface area contributed by atoms with E-state index >= 15 is 0 Å². The minimum Gasteiger partial charge on any atom is -0.494 e. The number of anilines is 1. The van der Waals surface area contributed by atoms with Crippen LogP contribution in [0.1, 0.15) is 45.7 Å². The third-order valence-electron chi connectivity index (χ3n) is 5.18. The van der Waals surface area contributed by atoms with E-state index in [4.69, 9.17) is 5.26 Å². The second-order valence-corrected chi connectivity index (χ2v) is 9.25. The van der Waals surface area contributed by atoms with Crippen molar-refractivity contribution in [3.8, 4) is 6.07 Å². The number of aliphatic hydroxyl groups excluding tert-OH is 1. The van der Waals surface area contributed by atoms with E-state index in [-0.39, 0.29) is 28.6 Å². The summed E-state index contributed by atoms with van der Waals surface area (Å²) in [5, 5.41) is 27.3. The van der Waals surface area contributed by atoms with Gasteiger partial charge in [0.2, 0.25) is 5.88 Å². The summed E-state index contributed by atoms with van der Waals surface area (Å²) in [6.45, 7) is 6.50. The van der Waals surface area contributed by atoms with Crippen molar-refractivity contribution in [3.63, 3.8) is 0 Å². The summed E-state index contributed by atoms with van der Waals surface area (Å²) in [4.78, 5) is 35.7. The number of nitrogens with zero attached hydrogens (tertiary/aromatic N) is 5. The third kappa shape index (κ3) is 4.39. The Kier molecular flexibility index (Phi) is 5.18. The van der Waals surface area contributed by atoms with Crippen LogP contribution in [0.15, 0.2) is 23.8 Å². The molecule has 31 heavy (non-hydrogen) atoms. The maximum Gasteiger partial charge on any atom is 0.281 e. The van der Waals surface area contributed by atoms with Gasteiger partial charge in [0, 0.05) is 19.0 Å². The molecule has 1 saturated heterocycles. The molecule has 1 aromatic rings. The van der Waals surface area contributed by atoms with Gasteiger partial charge in [-0.3, -0.25) is 14.6 Å². The first-order chi connectivity index (χ1) is 14.7. The second-order valence-electron chi connectivity index (χ2n) is 9.25. The molecule has 0 radical (unpaired) electrons. The van der Waals surface area contributed by atoms with Crippen molar-refractivity contribution < 1.29 is 14.7 Å².